The first-order chi connectivity index (χ1) is 15.0. The number of anilines is 2. The Morgan fingerprint density at radius 3 is 1.71 bits per heavy atom. The van der Waals surface area contributed by atoms with Gasteiger partial charge in [-0.05, 0) is 49.2 Å². The smallest absolute Gasteiger partial charge is 0.228 e. The van der Waals surface area contributed by atoms with Gasteiger partial charge in [-0.25, -0.2) is 9.97 Å². The molecule has 0 bridgehead atoms. The van der Waals surface area contributed by atoms with Crippen molar-refractivity contribution in [3.8, 4) is 0 Å². The molecular formula is C23H22N4O4. The Morgan fingerprint density at radius 2 is 1.26 bits per heavy atom. The number of hydrogen-bond acceptors (Lipinski definition) is 6. The number of nitrogens with one attached hydrogen (secondary N) is 2. The van der Waals surface area contributed by atoms with Crippen molar-refractivity contribution in [2.45, 2.75) is 33.1 Å². The van der Waals surface area contributed by atoms with Gasteiger partial charge < -0.3 is 19.5 Å². The molecule has 4 aromatic rings. The highest BCUT2D eigenvalue weighted by atomic mass is 16.3. The Morgan fingerprint density at radius 1 is 0.806 bits per heavy atom. The lowest BCUT2D eigenvalue weighted by Crippen LogP contribution is -2.33. The summed E-state index contributed by atoms with van der Waals surface area (Å²) < 4.78 is 10.9. The third kappa shape index (κ3) is 3.76. The highest BCUT2D eigenvalue weighted by molar-refractivity contribution is 6.01. The molecule has 2 unspecified atom stereocenters. The van der Waals surface area contributed by atoms with Gasteiger partial charge in [0.2, 0.25) is 11.8 Å². The van der Waals surface area contributed by atoms with Crippen LogP contribution in [-0.2, 0) is 9.59 Å². The normalized spacial score (nSPS) is 18.5. The Balaban J connectivity index is 1.29. The van der Waals surface area contributed by atoms with E-state index in [9.17, 15) is 9.59 Å². The first-order valence-electron chi connectivity index (χ1n) is 10.3. The number of aromatic nitrogens is 2. The van der Waals surface area contributed by atoms with Crippen molar-refractivity contribution in [1.82, 2.24) is 9.97 Å². The fraction of sp³-hybridized carbons (Fsp3) is 0.304. The van der Waals surface area contributed by atoms with E-state index < -0.39 is 0 Å². The zero-order valence-corrected chi connectivity index (χ0v) is 17.3. The second-order valence-electron chi connectivity index (χ2n) is 7.95. The van der Waals surface area contributed by atoms with Crippen LogP contribution < -0.4 is 10.6 Å². The third-order valence-electron chi connectivity index (χ3n) is 5.71. The maximum absolute atomic E-state index is 12.9. The van der Waals surface area contributed by atoms with Crippen molar-refractivity contribution in [1.29, 1.82) is 0 Å². The van der Waals surface area contributed by atoms with Gasteiger partial charge in [0.1, 0.15) is 11.0 Å². The summed E-state index contributed by atoms with van der Waals surface area (Å²) >= 11 is 0. The first-order valence-corrected chi connectivity index (χ1v) is 10.3. The van der Waals surface area contributed by atoms with Gasteiger partial charge in [0.25, 0.3) is 0 Å². The predicted molar refractivity (Wildman–Crippen MR) is 116 cm³/mol. The molecule has 2 aromatic heterocycles. The van der Waals surface area contributed by atoms with Crippen LogP contribution in [0.3, 0.4) is 0 Å². The number of fused-ring (bicyclic) bond motifs is 2. The van der Waals surface area contributed by atoms with Gasteiger partial charge >= 0.3 is 0 Å². The Hall–Kier alpha value is -3.68. The highest BCUT2D eigenvalue weighted by Crippen LogP contribution is 2.34. The van der Waals surface area contributed by atoms with Crippen LogP contribution in [0.1, 0.15) is 31.0 Å². The molecule has 1 aliphatic carbocycles. The molecule has 8 nitrogen and oxygen atoms in total. The lowest BCUT2D eigenvalue weighted by atomic mass is 9.94. The number of amides is 2. The van der Waals surface area contributed by atoms with Crippen LogP contribution in [0.5, 0.6) is 0 Å². The molecule has 1 aliphatic rings. The van der Waals surface area contributed by atoms with Gasteiger partial charge in [-0.2, -0.15) is 0 Å². The summed E-state index contributed by atoms with van der Waals surface area (Å²) in [6, 6.07) is 10.7. The number of carbonyl (C=O) groups excluding carboxylic acids is 2. The monoisotopic (exact) mass is 418 g/mol. The van der Waals surface area contributed by atoms with Crippen LogP contribution in [0.4, 0.5) is 11.4 Å². The third-order valence-corrected chi connectivity index (χ3v) is 5.71. The minimum atomic E-state index is -0.382. The molecule has 1 fully saturated rings. The quantitative estimate of drug-likeness (QED) is 0.502. The van der Waals surface area contributed by atoms with Gasteiger partial charge in [0, 0.05) is 37.1 Å². The van der Waals surface area contributed by atoms with Crippen molar-refractivity contribution in [2.24, 2.45) is 11.8 Å². The lowest BCUT2D eigenvalue weighted by molar-refractivity contribution is -0.128. The summed E-state index contributed by atoms with van der Waals surface area (Å²) in [4.78, 5) is 34.5. The van der Waals surface area contributed by atoms with Crippen LogP contribution in [0.25, 0.3) is 22.2 Å². The van der Waals surface area contributed by atoms with Crippen LogP contribution >= 0.6 is 0 Å². The molecule has 0 saturated heterocycles. The standard InChI is InChI=1S/C23H22N4O4/c1-12-24-18-10-14(6-8-20(18)30-12)26-22(28)16-4-3-5-17(16)23(29)27-15-7-9-21-19(11-15)25-13(2)31-21/h6-11,16-17H,3-5H2,1-2H3,(H,26,28)(H,27,29). The second kappa shape index (κ2) is 7.54. The fourth-order valence-corrected chi connectivity index (χ4v) is 4.30. The van der Waals surface area contributed by atoms with Crippen molar-refractivity contribution in [2.75, 3.05) is 10.6 Å². The van der Waals surface area contributed by atoms with Crippen molar-refractivity contribution in [3.05, 3.63) is 48.2 Å². The van der Waals surface area contributed by atoms with E-state index in [1.807, 2.05) is 0 Å². The molecule has 0 aliphatic heterocycles. The van der Waals surface area contributed by atoms with Gasteiger partial charge in [-0.15, -0.1) is 0 Å². The van der Waals surface area contributed by atoms with Crippen LogP contribution in [0.2, 0.25) is 0 Å². The summed E-state index contributed by atoms with van der Waals surface area (Å²) in [5.74, 6) is 0.0788. The molecule has 8 heteroatoms. The molecule has 2 heterocycles. The topological polar surface area (TPSA) is 110 Å². The SMILES string of the molecule is Cc1nc2cc(NC(=O)C3CCCC3C(=O)Nc3ccc4oc(C)nc4c3)ccc2o1. The average Bonchev–Trinajstić information content (AvgIpc) is 3.43. The Kier molecular flexibility index (Phi) is 4.69. The van der Waals surface area contributed by atoms with Gasteiger partial charge in [0.05, 0.1) is 0 Å². The van der Waals surface area contributed by atoms with E-state index in [0.717, 1.165) is 6.42 Å². The minimum absolute atomic E-state index is 0.153. The maximum atomic E-state index is 12.9. The van der Waals surface area contributed by atoms with Crippen LogP contribution in [0, 0.1) is 25.7 Å². The number of aryl methyl sites for hydroxylation is 2. The van der Waals surface area contributed by atoms with E-state index in [1.165, 1.54) is 0 Å². The summed E-state index contributed by atoms with van der Waals surface area (Å²) in [7, 11) is 0. The molecule has 2 atom stereocenters. The van der Waals surface area contributed by atoms with E-state index in [2.05, 4.69) is 20.6 Å². The molecule has 0 radical (unpaired) electrons. The molecule has 2 N–H and O–H groups in total. The van der Waals surface area contributed by atoms with Crippen LogP contribution in [-0.4, -0.2) is 21.8 Å². The van der Waals surface area contributed by atoms with Gasteiger partial charge in [0.15, 0.2) is 22.9 Å². The van der Waals surface area contributed by atoms with E-state index >= 15 is 0 Å². The Labute approximate surface area is 178 Å². The van der Waals surface area contributed by atoms with Crippen LogP contribution in [0.15, 0.2) is 45.2 Å². The number of nitrogens with zero attached hydrogens (tertiary/aromatic N) is 2. The second-order valence-corrected chi connectivity index (χ2v) is 7.95. The van der Waals surface area contributed by atoms with Gasteiger partial charge in [-0.1, -0.05) is 6.42 Å². The summed E-state index contributed by atoms with van der Waals surface area (Å²) in [5, 5.41) is 5.88. The highest BCUT2D eigenvalue weighted by Gasteiger charge is 2.37. The fourth-order valence-electron chi connectivity index (χ4n) is 4.30. The largest absolute Gasteiger partial charge is 0.441 e. The average molecular weight is 418 g/mol. The zero-order chi connectivity index (χ0) is 21.5. The minimum Gasteiger partial charge on any atom is -0.441 e. The molecule has 5 rings (SSSR count). The lowest BCUT2D eigenvalue weighted by Gasteiger charge is -2.19. The zero-order valence-electron chi connectivity index (χ0n) is 17.3. The molecule has 2 aromatic carbocycles. The summed E-state index contributed by atoms with van der Waals surface area (Å²) in [6.45, 7) is 3.56. The number of carbonyl (C=O) groups is 2. The Bertz CT molecular complexity index is 1210. The molecule has 1 saturated carbocycles. The summed E-state index contributed by atoms with van der Waals surface area (Å²) in [5.41, 5.74) is 4.01. The van der Waals surface area contributed by atoms with Gasteiger partial charge in [-0.3, -0.25) is 9.59 Å². The van der Waals surface area contributed by atoms with E-state index in [4.69, 9.17) is 8.83 Å². The van der Waals surface area contributed by atoms with Crippen molar-refractivity contribution < 1.29 is 18.4 Å². The first kappa shape index (κ1) is 19.3. The number of rotatable bonds is 4. The van der Waals surface area contributed by atoms with Crippen molar-refractivity contribution >= 4 is 45.4 Å². The van der Waals surface area contributed by atoms with E-state index in [0.29, 0.717) is 58.2 Å². The number of hydrogen-bond donors (Lipinski definition) is 2. The van der Waals surface area contributed by atoms with Crippen molar-refractivity contribution in [3.63, 3.8) is 0 Å². The molecule has 0 spiro atoms. The van der Waals surface area contributed by atoms with E-state index in [1.54, 1.807) is 50.2 Å². The molecule has 31 heavy (non-hydrogen) atoms. The molecular weight excluding hydrogens is 396 g/mol. The van der Waals surface area contributed by atoms with E-state index in [-0.39, 0.29) is 23.7 Å². The summed E-state index contributed by atoms with van der Waals surface area (Å²) in [6.07, 6.45) is 2.19. The predicted octanol–water partition coefficient (Wildman–Crippen LogP) is 4.58. The number of oxazole rings is 2. The maximum Gasteiger partial charge on any atom is 0.228 e. The molecule has 158 valence electrons. The molecule has 2 amide bonds. The number of benzene rings is 2.